The molecule has 0 atom stereocenters. The van der Waals surface area contributed by atoms with Crippen molar-refractivity contribution in [3.63, 3.8) is 0 Å². The smallest absolute Gasteiger partial charge is 0.339 e. The van der Waals surface area contributed by atoms with Crippen molar-refractivity contribution in [2.75, 3.05) is 12.9 Å². The molecule has 0 radical (unpaired) electrons. The number of rotatable bonds is 8. The third kappa shape index (κ3) is 4.61. The van der Waals surface area contributed by atoms with Crippen LogP contribution in [0.2, 0.25) is 5.02 Å². The molecule has 21 heavy (non-hydrogen) atoms. The van der Waals surface area contributed by atoms with Crippen molar-refractivity contribution in [3.05, 3.63) is 22.7 Å². The SMILES string of the molecule is CCCCCCS(=O)(=O)c1cc(Cl)cc(C(=O)O)c1OC. The van der Waals surface area contributed by atoms with E-state index in [1.807, 2.05) is 6.92 Å². The van der Waals surface area contributed by atoms with Gasteiger partial charge in [0.15, 0.2) is 15.6 Å². The number of carbonyl (C=O) groups is 1. The van der Waals surface area contributed by atoms with Crippen molar-refractivity contribution >= 4 is 27.4 Å². The van der Waals surface area contributed by atoms with Gasteiger partial charge >= 0.3 is 5.97 Å². The Morgan fingerprint density at radius 3 is 2.48 bits per heavy atom. The summed E-state index contributed by atoms with van der Waals surface area (Å²) in [6.45, 7) is 2.04. The molecule has 118 valence electrons. The Kier molecular flexibility index (Phi) is 6.48. The van der Waals surface area contributed by atoms with E-state index < -0.39 is 15.8 Å². The third-order valence-corrected chi connectivity index (χ3v) is 5.07. The number of ether oxygens (including phenoxy) is 1. The van der Waals surface area contributed by atoms with Crippen LogP contribution < -0.4 is 4.74 Å². The Balaban J connectivity index is 3.19. The monoisotopic (exact) mass is 334 g/mol. The molecule has 1 aromatic carbocycles. The van der Waals surface area contributed by atoms with Crippen molar-refractivity contribution in [1.82, 2.24) is 0 Å². The van der Waals surface area contributed by atoms with Crippen molar-refractivity contribution in [3.8, 4) is 5.75 Å². The molecule has 0 unspecified atom stereocenters. The summed E-state index contributed by atoms with van der Waals surface area (Å²) in [4.78, 5) is 11.0. The van der Waals surface area contributed by atoms with E-state index in [-0.39, 0.29) is 27.0 Å². The second-order valence-electron chi connectivity index (χ2n) is 4.67. The molecule has 1 aromatic rings. The van der Waals surface area contributed by atoms with Crippen LogP contribution in [0.1, 0.15) is 43.0 Å². The van der Waals surface area contributed by atoms with Crippen LogP contribution in [-0.4, -0.2) is 32.4 Å². The lowest BCUT2D eigenvalue weighted by Gasteiger charge is -2.12. The zero-order valence-corrected chi connectivity index (χ0v) is 13.6. The summed E-state index contributed by atoms with van der Waals surface area (Å²) < 4.78 is 29.7. The number of hydrogen-bond acceptors (Lipinski definition) is 4. The van der Waals surface area contributed by atoms with E-state index in [0.29, 0.717) is 6.42 Å². The number of methoxy groups -OCH3 is 1. The van der Waals surface area contributed by atoms with Gasteiger partial charge in [-0.3, -0.25) is 0 Å². The van der Waals surface area contributed by atoms with Crippen LogP contribution in [0.4, 0.5) is 0 Å². The van der Waals surface area contributed by atoms with E-state index in [4.69, 9.17) is 21.4 Å². The molecular weight excluding hydrogens is 316 g/mol. The van der Waals surface area contributed by atoms with Crippen molar-refractivity contribution in [2.45, 2.75) is 37.5 Å². The fourth-order valence-electron chi connectivity index (χ4n) is 2.00. The maximum atomic E-state index is 12.4. The maximum absolute atomic E-state index is 12.4. The summed E-state index contributed by atoms with van der Waals surface area (Å²) in [6.07, 6.45) is 3.30. The highest BCUT2D eigenvalue weighted by atomic mass is 35.5. The van der Waals surface area contributed by atoms with Gasteiger partial charge in [-0.2, -0.15) is 0 Å². The average Bonchev–Trinajstić information content (AvgIpc) is 2.42. The van der Waals surface area contributed by atoms with E-state index in [1.165, 1.54) is 19.2 Å². The molecule has 0 heterocycles. The fourth-order valence-corrected chi connectivity index (χ4v) is 3.87. The molecule has 0 aromatic heterocycles. The fraction of sp³-hybridized carbons (Fsp3) is 0.500. The van der Waals surface area contributed by atoms with Gasteiger partial charge < -0.3 is 9.84 Å². The Bertz CT molecular complexity index is 610. The number of benzene rings is 1. The van der Waals surface area contributed by atoms with E-state index in [2.05, 4.69) is 0 Å². The molecule has 1 rings (SSSR count). The number of halogens is 1. The second kappa shape index (κ2) is 7.66. The quantitative estimate of drug-likeness (QED) is 0.737. The summed E-state index contributed by atoms with van der Waals surface area (Å²) in [5, 5.41) is 9.18. The Morgan fingerprint density at radius 1 is 1.29 bits per heavy atom. The molecule has 0 aliphatic rings. The lowest BCUT2D eigenvalue weighted by Crippen LogP contribution is -2.11. The number of aromatic carboxylic acids is 1. The zero-order chi connectivity index (χ0) is 16.0. The summed E-state index contributed by atoms with van der Waals surface area (Å²) >= 11 is 5.83. The first-order valence-electron chi connectivity index (χ1n) is 6.67. The van der Waals surface area contributed by atoms with Gasteiger partial charge in [-0.15, -0.1) is 0 Å². The van der Waals surface area contributed by atoms with Gasteiger partial charge in [0.2, 0.25) is 0 Å². The van der Waals surface area contributed by atoms with Gasteiger partial charge in [-0.05, 0) is 18.6 Å². The number of hydrogen-bond donors (Lipinski definition) is 1. The molecule has 0 spiro atoms. The standard InChI is InChI=1S/C14H19ClO5S/c1-3-4-5-6-7-21(18,19)12-9-10(15)8-11(14(16)17)13(12)20-2/h8-9H,3-7H2,1-2H3,(H,16,17). The molecule has 5 nitrogen and oxygen atoms in total. The van der Waals surface area contributed by atoms with Crippen LogP contribution in [-0.2, 0) is 9.84 Å². The normalized spacial score (nSPS) is 11.4. The van der Waals surface area contributed by atoms with Crippen LogP contribution >= 0.6 is 11.6 Å². The third-order valence-electron chi connectivity index (χ3n) is 3.06. The van der Waals surface area contributed by atoms with Crippen LogP contribution in [0, 0.1) is 0 Å². The molecule has 0 saturated heterocycles. The van der Waals surface area contributed by atoms with Gasteiger partial charge in [0.25, 0.3) is 0 Å². The van der Waals surface area contributed by atoms with E-state index >= 15 is 0 Å². The first-order chi connectivity index (χ1) is 9.83. The molecule has 0 aliphatic carbocycles. The molecule has 0 bridgehead atoms. The van der Waals surface area contributed by atoms with Gasteiger partial charge in [-0.1, -0.05) is 37.8 Å². The number of carboxylic acid groups (broad SMARTS) is 1. The highest BCUT2D eigenvalue weighted by Gasteiger charge is 2.25. The topological polar surface area (TPSA) is 80.7 Å². The molecule has 1 N–H and O–H groups in total. The molecule has 0 fully saturated rings. The summed E-state index contributed by atoms with van der Waals surface area (Å²) in [5.74, 6) is -1.50. The Morgan fingerprint density at radius 2 is 1.95 bits per heavy atom. The van der Waals surface area contributed by atoms with Gasteiger partial charge in [0.05, 0.1) is 12.9 Å². The maximum Gasteiger partial charge on any atom is 0.339 e. The van der Waals surface area contributed by atoms with Crippen LogP contribution in [0.25, 0.3) is 0 Å². The number of carboxylic acids is 1. The van der Waals surface area contributed by atoms with Crippen LogP contribution in [0.15, 0.2) is 17.0 Å². The predicted molar refractivity (Wildman–Crippen MR) is 81.2 cm³/mol. The summed E-state index contributed by atoms with van der Waals surface area (Å²) in [5.41, 5.74) is -0.253. The van der Waals surface area contributed by atoms with E-state index in [9.17, 15) is 13.2 Å². The van der Waals surface area contributed by atoms with Gasteiger partial charge in [-0.25, -0.2) is 13.2 Å². The van der Waals surface area contributed by atoms with Crippen LogP contribution in [0.3, 0.4) is 0 Å². The van der Waals surface area contributed by atoms with Crippen molar-refractivity contribution in [2.24, 2.45) is 0 Å². The molecule has 0 aliphatic heterocycles. The highest BCUT2D eigenvalue weighted by molar-refractivity contribution is 7.91. The minimum absolute atomic E-state index is 0.0528. The Labute approximate surface area is 129 Å². The summed E-state index contributed by atoms with van der Waals surface area (Å²) in [7, 11) is -2.39. The molecule has 0 saturated carbocycles. The molecule has 7 heteroatoms. The second-order valence-corrected chi connectivity index (χ2v) is 7.18. The molecule has 0 amide bonds. The number of unbranched alkanes of at least 4 members (excludes halogenated alkanes) is 3. The average molecular weight is 335 g/mol. The first kappa shape index (κ1) is 17.8. The minimum Gasteiger partial charge on any atom is -0.494 e. The lowest BCUT2D eigenvalue weighted by molar-refractivity contribution is 0.0693. The van der Waals surface area contributed by atoms with Gasteiger partial charge in [0, 0.05) is 5.02 Å². The van der Waals surface area contributed by atoms with Crippen LogP contribution in [0.5, 0.6) is 5.75 Å². The lowest BCUT2D eigenvalue weighted by atomic mass is 10.2. The number of sulfone groups is 1. The van der Waals surface area contributed by atoms with Gasteiger partial charge in [0.1, 0.15) is 10.5 Å². The molecular formula is C14H19ClO5S. The van der Waals surface area contributed by atoms with Crippen molar-refractivity contribution in [1.29, 1.82) is 0 Å². The minimum atomic E-state index is -3.63. The van der Waals surface area contributed by atoms with Crippen molar-refractivity contribution < 1.29 is 23.1 Å². The van der Waals surface area contributed by atoms with E-state index in [1.54, 1.807) is 0 Å². The first-order valence-corrected chi connectivity index (χ1v) is 8.70. The highest BCUT2D eigenvalue weighted by Crippen LogP contribution is 2.33. The summed E-state index contributed by atoms with van der Waals surface area (Å²) in [6, 6.07) is 2.42. The van der Waals surface area contributed by atoms with E-state index in [0.717, 1.165) is 19.3 Å². The predicted octanol–water partition coefficient (Wildman–Crippen LogP) is 3.40. The zero-order valence-electron chi connectivity index (χ0n) is 12.1. The largest absolute Gasteiger partial charge is 0.494 e. The Hall–Kier alpha value is -1.27.